The van der Waals surface area contributed by atoms with Crippen molar-refractivity contribution < 1.29 is 0 Å². The minimum Gasteiger partial charge on any atom is -0.0843 e. The zero-order chi connectivity index (χ0) is 27.5. The largest absolute Gasteiger partial charge is 0.0843 e. The van der Waals surface area contributed by atoms with Gasteiger partial charge in [-0.1, -0.05) is 144 Å². The molecule has 6 aromatic rings. The van der Waals surface area contributed by atoms with E-state index in [1.807, 2.05) is 24.3 Å². The lowest BCUT2D eigenvalue weighted by Gasteiger charge is -2.25. The van der Waals surface area contributed by atoms with E-state index < -0.39 is 7.92 Å². The maximum Gasteiger partial charge on any atom is 0.0418 e. The van der Waals surface area contributed by atoms with Crippen molar-refractivity contribution in [3.8, 4) is 33.4 Å². The molecule has 0 saturated heterocycles. The molecule has 0 bridgehead atoms. The first-order valence-electron chi connectivity index (χ1n) is 12.9. The van der Waals surface area contributed by atoms with Crippen LogP contribution in [0.2, 0.25) is 15.1 Å². The van der Waals surface area contributed by atoms with Gasteiger partial charge in [-0.15, -0.1) is 0 Å². The van der Waals surface area contributed by atoms with Gasteiger partial charge in [0.05, 0.1) is 0 Å². The molecule has 0 atom stereocenters. The summed E-state index contributed by atoms with van der Waals surface area (Å²) in [5, 5.41) is 5.94. The number of halogens is 3. The van der Waals surface area contributed by atoms with Crippen LogP contribution in [-0.2, 0) is 0 Å². The fourth-order valence-electron chi connectivity index (χ4n) is 5.07. The van der Waals surface area contributed by atoms with Gasteiger partial charge in [0.1, 0.15) is 0 Å². The van der Waals surface area contributed by atoms with Gasteiger partial charge in [0.15, 0.2) is 0 Å². The van der Waals surface area contributed by atoms with Crippen molar-refractivity contribution in [3.63, 3.8) is 0 Å². The molecular weight excluding hydrogens is 570 g/mol. The van der Waals surface area contributed by atoms with E-state index in [2.05, 4.69) is 121 Å². The Hall–Kier alpha value is -3.38. The highest BCUT2D eigenvalue weighted by Crippen LogP contribution is 2.45. The van der Waals surface area contributed by atoms with Gasteiger partial charge in [0.2, 0.25) is 0 Å². The van der Waals surface area contributed by atoms with E-state index in [0.717, 1.165) is 27.8 Å². The van der Waals surface area contributed by atoms with Crippen molar-refractivity contribution in [3.05, 3.63) is 161 Å². The van der Waals surface area contributed by atoms with Gasteiger partial charge in [-0.05, 0) is 93.6 Å². The predicted molar refractivity (Wildman–Crippen MR) is 176 cm³/mol. The topological polar surface area (TPSA) is 0 Å². The van der Waals surface area contributed by atoms with Crippen LogP contribution in [0, 0.1) is 0 Å². The molecule has 0 aliphatic heterocycles. The molecule has 0 fully saturated rings. The number of hydrogen-bond acceptors (Lipinski definition) is 0. The summed E-state index contributed by atoms with van der Waals surface area (Å²) in [6, 6.07) is 50.4. The van der Waals surface area contributed by atoms with E-state index >= 15 is 0 Å². The molecule has 4 heteroatoms. The van der Waals surface area contributed by atoms with Crippen LogP contribution >= 0.6 is 42.7 Å². The Kier molecular flexibility index (Phi) is 8.05. The Morgan fingerprint density at radius 2 is 0.800 bits per heavy atom. The lowest BCUT2D eigenvalue weighted by Crippen LogP contribution is -2.22. The molecular formula is C36H24Cl3P. The molecule has 6 rings (SSSR count). The zero-order valence-electron chi connectivity index (χ0n) is 21.4. The van der Waals surface area contributed by atoms with E-state index in [4.69, 9.17) is 34.8 Å². The molecule has 194 valence electrons. The third-order valence-corrected chi connectivity index (χ3v) is 10.1. The number of hydrogen-bond donors (Lipinski definition) is 0. The van der Waals surface area contributed by atoms with Crippen molar-refractivity contribution in [1.29, 1.82) is 0 Å². The first kappa shape index (κ1) is 26.8. The summed E-state index contributed by atoms with van der Waals surface area (Å²) in [6.45, 7) is 0. The maximum atomic E-state index is 6.82. The van der Waals surface area contributed by atoms with Crippen LogP contribution in [0.1, 0.15) is 0 Å². The summed E-state index contributed by atoms with van der Waals surface area (Å²) in [7, 11) is -0.846. The third kappa shape index (κ3) is 5.60. The standard InChI is InChI=1S/C36H24Cl3P/c37-27-19-15-25(16-20-27)33-23-29(39)24-34(26-17-21-28(38)22-18-26)36(33)32-13-7-8-14-35(32)40(30-9-3-1-4-10-30)31-11-5-2-6-12-31/h1-24H. The first-order valence-corrected chi connectivity index (χ1v) is 15.4. The second-order valence-corrected chi connectivity index (χ2v) is 12.9. The van der Waals surface area contributed by atoms with Crippen LogP contribution in [0.4, 0.5) is 0 Å². The van der Waals surface area contributed by atoms with Gasteiger partial charge in [0, 0.05) is 15.1 Å². The number of rotatable bonds is 6. The molecule has 0 aromatic heterocycles. The molecule has 0 saturated carbocycles. The quantitative estimate of drug-likeness (QED) is 0.169. The number of benzene rings is 6. The summed E-state index contributed by atoms with van der Waals surface area (Å²) >= 11 is 19.4. The van der Waals surface area contributed by atoms with E-state index in [0.29, 0.717) is 15.1 Å². The second-order valence-electron chi connectivity index (χ2n) is 9.41. The normalized spacial score (nSPS) is 11.1. The smallest absolute Gasteiger partial charge is 0.0418 e. The summed E-state index contributed by atoms with van der Waals surface area (Å²) in [6.07, 6.45) is 0. The van der Waals surface area contributed by atoms with E-state index in [9.17, 15) is 0 Å². The molecule has 0 amide bonds. The highest BCUT2D eigenvalue weighted by Gasteiger charge is 2.24. The Labute approximate surface area is 251 Å². The average Bonchev–Trinajstić information content (AvgIpc) is 2.99. The lowest BCUT2D eigenvalue weighted by atomic mass is 9.87. The van der Waals surface area contributed by atoms with Gasteiger partial charge in [0.25, 0.3) is 0 Å². The second kappa shape index (κ2) is 12.0. The van der Waals surface area contributed by atoms with Gasteiger partial charge < -0.3 is 0 Å². The molecule has 0 radical (unpaired) electrons. The fourth-order valence-corrected chi connectivity index (χ4v) is 8.00. The van der Waals surface area contributed by atoms with Crippen LogP contribution in [0.3, 0.4) is 0 Å². The van der Waals surface area contributed by atoms with Crippen LogP contribution in [0.15, 0.2) is 146 Å². The van der Waals surface area contributed by atoms with Crippen LogP contribution in [0.25, 0.3) is 33.4 Å². The third-order valence-electron chi connectivity index (χ3n) is 6.86. The van der Waals surface area contributed by atoms with Gasteiger partial charge in [-0.2, -0.15) is 0 Å². The molecule has 0 N–H and O–H groups in total. The minimum absolute atomic E-state index is 0.671. The molecule has 0 aliphatic rings. The Morgan fingerprint density at radius 3 is 1.27 bits per heavy atom. The van der Waals surface area contributed by atoms with Crippen molar-refractivity contribution in [2.24, 2.45) is 0 Å². The Balaban J connectivity index is 1.68. The average molecular weight is 594 g/mol. The summed E-state index contributed by atoms with van der Waals surface area (Å²) in [5.74, 6) is 0. The fraction of sp³-hybridized carbons (Fsp3) is 0. The molecule has 0 heterocycles. The summed E-state index contributed by atoms with van der Waals surface area (Å²) in [4.78, 5) is 0. The Morgan fingerprint density at radius 1 is 0.375 bits per heavy atom. The highest BCUT2D eigenvalue weighted by atomic mass is 35.5. The summed E-state index contributed by atoms with van der Waals surface area (Å²) in [5.41, 5.74) is 6.51. The van der Waals surface area contributed by atoms with E-state index in [-0.39, 0.29) is 0 Å². The monoisotopic (exact) mass is 592 g/mol. The molecule has 40 heavy (non-hydrogen) atoms. The van der Waals surface area contributed by atoms with Gasteiger partial charge in [-0.25, -0.2) is 0 Å². The van der Waals surface area contributed by atoms with Crippen LogP contribution in [-0.4, -0.2) is 0 Å². The predicted octanol–water partition coefficient (Wildman–Crippen LogP) is 10.4. The lowest BCUT2D eigenvalue weighted by molar-refractivity contribution is 1.57. The summed E-state index contributed by atoms with van der Waals surface area (Å²) < 4.78 is 0. The highest BCUT2D eigenvalue weighted by molar-refractivity contribution is 7.80. The molecule has 0 aliphatic carbocycles. The SMILES string of the molecule is Clc1ccc(-c2cc(Cl)cc(-c3ccc(Cl)cc3)c2-c2ccccc2P(c2ccccc2)c2ccccc2)cc1. The minimum atomic E-state index is -0.846. The van der Waals surface area contributed by atoms with Crippen molar-refractivity contribution in [2.45, 2.75) is 0 Å². The van der Waals surface area contributed by atoms with E-state index in [1.54, 1.807) is 0 Å². The van der Waals surface area contributed by atoms with Crippen LogP contribution in [0.5, 0.6) is 0 Å². The first-order chi connectivity index (χ1) is 19.6. The zero-order valence-corrected chi connectivity index (χ0v) is 24.6. The molecule has 6 aromatic carbocycles. The van der Waals surface area contributed by atoms with Crippen molar-refractivity contribution >= 4 is 58.6 Å². The van der Waals surface area contributed by atoms with Crippen LogP contribution < -0.4 is 15.9 Å². The Bertz CT molecular complexity index is 1640. The molecule has 0 spiro atoms. The molecule has 0 unspecified atom stereocenters. The van der Waals surface area contributed by atoms with E-state index in [1.165, 1.54) is 21.5 Å². The van der Waals surface area contributed by atoms with Gasteiger partial charge in [-0.3, -0.25) is 0 Å². The maximum absolute atomic E-state index is 6.82. The van der Waals surface area contributed by atoms with Crippen molar-refractivity contribution in [2.75, 3.05) is 0 Å². The van der Waals surface area contributed by atoms with Gasteiger partial charge >= 0.3 is 0 Å². The molecule has 0 nitrogen and oxygen atoms in total. The van der Waals surface area contributed by atoms with Crippen molar-refractivity contribution in [1.82, 2.24) is 0 Å².